The minimum Gasteiger partial charge on any atom is -0.479 e. The molecule has 0 radical (unpaired) electrons. The van der Waals surface area contributed by atoms with Crippen molar-refractivity contribution in [2.24, 2.45) is 0 Å². The van der Waals surface area contributed by atoms with Crippen molar-refractivity contribution in [3.8, 4) is 5.75 Å². The van der Waals surface area contributed by atoms with Gasteiger partial charge in [-0.2, -0.15) is 17.6 Å². The van der Waals surface area contributed by atoms with Gasteiger partial charge in [0.15, 0.2) is 12.4 Å². The lowest BCUT2D eigenvalue weighted by Gasteiger charge is -2.09. The molecule has 1 aromatic rings. The molecular weight excluding hydrogens is 214 g/mol. The lowest BCUT2D eigenvalue weighted by Crippen LogP contribution is -2.19. The molecule has 15 heavy (non-hydrogen) atoms. The van der Waals surface area contributed by atoms with Crippen LogP contribution in [0.3, 0.4) is 0 Å². The van der Waals surface area contributed by atoms with Gasteiger partial charge in [0.25, 0.3) is 5.95 Å². The van der Waals surface area contributed by atoms with E-state index in [1.54, 1.807) is 6.92 Å². The van der Waals surface area contributed by atoms with Crippen LogP contribution >= 0.6 is 0 Å². The summed E-state index contributed by atoms with van der Waals surface area (Å²) >= 11 is 0. The molecule has 0 aromatic carbocycles. The number of aromatic nitrogens is 1. The van der Waals surface area contributed by atoms with Crippen LogP contribution in [0, 0.1) is 5.95 Å². The molecule has 0 saturated heterocycles. The van der Waals surface area contributed by atoms with Gasteiger partial charge in [-0.1, -0.05) is 6.92 Å². The van der Waals surface area contributed by atoms with Gasteiger partial charge < -0.3 is 4.74 Å². The first-order chi connectivity index (χ1) is 6.92. The summed E-state index contributed by atoms with van der Waals surface area (Å²) in [5.41, 5.74) is 0.619. The maximum Gasteiger partial charge on any atom is 0.422 e. The van der Waals surface area contributed by atoms with Crippen molar-refractivity contribution in [2.75, 3.05) is 6.61 Å². The van der Waals surface area contributed by atoms with Crippen LogP contribution in [0.15, 0.2) is 12.3 Å². The van der Waals surface area contributed by atoms with Crippen LogP contribution in [-0.2, 0) is 6.42 Å². The third-order valence-electron chi connectivity index (χ3n) is 1.66. The van der Waals surface area contributed by atoms with Gasteiger partial charge in [0.2, 0.25) is 0 Å². The van der Waals surface area contributed by atoms with Gasteiger partial charge in [-0.05, 0) is 18.1 Å². The van der Waals surface area contributed by atoms with Gasteiger partial charge in [0.1, 0.15) is 0 Å². The Bertz CT molecular complexity index is 337. The Kier molecular flexibility index (Phi) is 3.49. The summed E-state index contributed by atoms with van der Waals surface area (Å²) in [6.07, 6.45) is -2.67. The molecule has 1 heterocycles. The van der Waals surface area contributed by atoms with Gasteiger partial charge >= 0.3 is 6.18 Å². The fourth-order valence-electron chi connectivity index (χ4n) is 0.923. The Morgan fingerprint density at radius 2 is 2.07 bits per heavy atom. The molecule has 0 bridgehead atoms. The van der Waals surface area contributed by atoms with Crippen LogP contribution in [0.1, 0.15) is 12.5 Å². The zero-order valence-corrected chi connectivity index (χ0v) is 7.94. The standard InChI is InChI=1S/C9H9F4NO/c1-2-6-3-7(8(10)14-4-6)15-5-9(11,12)13/h3-4H,2,5H2,1H3. The van der Waals surface area contributed by atoms with Crippen LogP contribution in [0.4, 0.5) is 17.6 Å². The number of halogens is 4. The second-order valence-corrected chi connectivity index (χ2v) is 2.89. The monoisotopic (exact) mass is 223 g/mol. The highest BCUT2D eigenvalue weighted by Crippen LogP contribution is 2.21. The molecule has 0 fully saturated rings. The summed E-state index contributed by atoms with van der Waals surface area (Å²) in [6, 6.07) is 1.22. The Morgan fingerprint density at radius 3 is 2.60 bits per heavy atom. The van der Waals surface area contributed by atoms with Crippen molar-refractivity contribution in [1.29, 1.82) is 0 Å². The quantitative estimate of drug-likeness (QED) is 0.580. The van der Waals surface area contributed by atoms with E-state index in [-0.39, 0.29) is 0 Å². The number of nitrogens with zero attached hydrogens (tertiary/aromatic N) is 1. The number of rotatable bonds is 3. The smallest absolute Gasteiger partial charge is 0.422 e. The van der Waals surface area contributed by atoms with Gasteiger partial charge in [0, 0.05) is 6.20 Å². The summed E-state index contributed by atoms with van der Waals surface area (Å²) < 4.78 is 52.5. The zero-order valence-electron chi connectivity index (χ0n) is 7.94. The Hall–Kier alpha value is -1.33. The lowest BCUT2D eigenvalue weighted by atomic mass is 10.2. The molecule has 0 saturated carbocycles. The maximum atomic E-state index is 12.9. The molecule has 0 aliphatic carbocycles. The fourth-order valence-corrected chi connectivity index (χ4v) is 0.923. The predicted molar refractivity (Wildman–Crippen MR) is 45.1 cm³/mol. The number of pyridine rings is 1. The van der Waals surface area contributed by atoms with Crippen LogP contribution in [-0.4, -0.2) is 17.8 Å². The second-order valence-electron chi connectivity index (χ2n) is 2.89. The Morgan fingerprint density at radius 1 is 1.40 bits per heavy atom. The summed E-state index contributed by atoms with van der Waals surface area (Å²) in [6.45, 7) is 0.265. The van der Waals surface area contributed by atoms with Crippen molar-refractivity contribution in [1.82, 2.24) is 4.98 Å². The highest BCUT2D eigenvalue weighted by Gasteiger charge is 2.29. The molecule has 1 aromatic heterocycles. The Balaban J connectivity index is 2.75. The predicted octanol–water partition coefficient (Wildman–Crippen LogP) is 2.72. The van der Waals surface area contributed by atoms with Crippen LogP contribution in [0.2, 0.25) is 0 Å². The van der Waals surface area contributed by atoms with Crippen LogP contribution < -0.4 is 4.74 Å². The molecule has 0 aliphatic heterocycles. The normalized spacial score (nSPS) is 11.5. The molecule has 0 aliphatic rings. The van der Waals surface area contributed by atoms with Crippen molar-refractivity contribution >= 4 is 0 Å². The van der Waals surface area contributed by atoms with E-state index >= 15 is 0 Å². The number of hydrogen-bond donors (Lipinski definition) is 0. The summed E-state index contributed by atoms with van der Waals surface area (Å²) in [5, 5.41) is 0. The van der Waals surface area contributed by atoms with Crippen molar-refractivity contribution in [3.63, 3.8) is 0 Å². The third-order valence-corrected chi connectivity index (χ3v) is 1.66. The topological polar surface area (TPSA) is 22.1 Å². The number of aryl methyl sites for hydroxylation is 1. The minimum absolute atomic E-state index is 0.466. The number of hydrogen-bond acceptors (Lipinski definition) is 2. The highest BCUT2D eigenvalue weighted by molar-refractivity contribution is 5.25. The Labute approximate surface area is 83.9 Å². The van der Waals surface area contributed by atoms with E-state index in [9.17, 15) is 17.6 Å². The largest absolute Gasteiger partial charge is 0.479 e. The van der Waals surface area contributed by atoms with E-state index in [0.717, 1.165) is 0 Å². The highest BCUT2D eigenvalue weighted by atomic mass is 19.4. The van der Waals surface area contributed by atoms with Crippen molar-refractivity contribution in [3.05, 3.63) is 23.8 Å². The fraction of sp³-hybridized carbons (Fsp3) is 0.444. The van der Waals surface area contributed by atoms with E-state index in [0.29, 0.717) is 12.0 Å². The molecular formula is C9H9F4NO. The van der Waals surface area contributed by atoms with Crippen molar-refractivity contribution < 1.29 is 22.3 Å². The first kappa shape index (κ1) is 11.7. The average molecular weight is 223 g/mol. The van der Waals surface area contributed by atoms with Crippen LogP contribution in [0.25, 0.3) is 0 Å². The molecule has 0 N–H and O–H groups in total. The van der Waals surface area contributed by atoms with E-state index in [1.165, 1.54) is 12.3 Å². The van der Waals surface area contributed by atoms with Crippen molar-refractivity contribution in [2.45, 2.75) is 19.5 Å². The first-order valence-electron chi connectivity index (χ1n) is 4.26. The minimum atomic E-state index is -4.48. The van der Waals surface area contributed by atoms with Crippen LogP contribution in [0.5, 0.6) is 5.75 Å². The van der Waals surface area contributed by atoms with E-state index in [4.69, 9.17) is 0 Å². The third kappa shape index (κ3) is 3.73. The van der Waals surface area contributed by atoms with Gasteiger partial charge in [-0.3, -0.25) is 0 Å². The second kappa shape index (κ2) is 4.46. The molecule has 2 nitrogen and oxygen atoms in total. The van der Waals surface area contributed by atoms with E-state index in [2.05, 4.69) is 9.72 Å². The maximum absolute atomic E-state index is 12.9. The molecule has 84 valence electrons. The number of alkyl halides is 3. The summed E-state index contributed by atoms with van der Waals surface area (Å²) in [5.74, 6) is -1.50. The first-order valence-corrected chi connectivity index (χ1v) is 4.26. The molecule has 1 rings (SSSR count). The SMILES string of the molecule is CCc1cnc(F)c(OCC(F)(F)F)c1. The molecule has 0 amide bonds. The van der Waals surface area contributed by atoms with E-state index in [1.807, 2.05) is 0 Å². The van der Waals surface area contributed by atoms with Gasteiger partial charge in [0.05, 0.1) is 0 Å². The lowest BCUT2D eigenvalue weighted by molar-refractivity contribution is -0.153. The number of ether oxygens (including phenoxy) is 1. The summed E-state index contributed by atoms with van der Waals surface area (Å²) in [4.78, 5) is 3.29. The molecule has 0 atom stereocenters. The van der Waals surface area contributed by atoms with Gasteiger partial charge in [-0.25, -0.2) is 4.98 Å². The van der Waals surface area contributed by atoms with Gasteiger partial charge in [-0.15, -0.1) is 0 Å². The summed E-state index contributed by atoms with van der Waals surface area (Å²) in [7, 11) is 0. The van der Waals surface area contributed by atoms with E-state index < -0.39 is 24.5 Å². The molecule has 6 heteroatoms. The molecule has 0 unspecified atom stereocenters. The zero-order chi connectivity index (χ0) is 11.5. The molecule has 0 spiro atoms. The average Bonchev–Trinajstić information content (AvgIpc) is 2.15.